The molecule has 30 heavy (non-hydrogen) atoms. The maximum absolute atomic E-state index is 9.99. The number of aliphatic hydroxyl groups is 1. The van der Waals surface area contributed by atoms with Gasteiger partial charge in [-0.2, -0.15) is 4.98 Å². The summed E-state index contributed by atoms with van der Waals surface area (Å²) in [7, 11) is 0. The van der Waals surface area contributed by atoms with Gasteiger partial charge < -0.3 is 15.0 Å². The fourth-order valence-electron chi connectivity index (χ4n) is 5.55. The molecule has 2 aromatic heterocycles. The van der Waals surface area contributed by atoms with Gasteiger partial charge in [0, 0.05) is 30.4 Å². The highest BCUT2D eigenvalue weighted by atomic mass is 16.3. The summed E-state index contributed by atoms with van der Waals surface area (Å²) in [5.41, 5.74) is 2.55. The Morgan fingerprint density at radius 1 is 1.10 bits per heavy atom. The lowest BCUT2D eigenvalue weighted by molar-refractivity contribution is 0.111. The number of hydrogen-bond donors (Lipinski definition) is 2. The summed E-state index contributed by atoms with van der Waals surface area (Å²) >= 11 is 0. The number of nitrogens with one attached hydrogen (secondary N) is 1. The highest BCUT2D eigenvalue weighted by molar-refractivity contribution is 5.81. The van der Waals surface area contributed by atoms with Crippen molar-refractivity contribution in [3.05, 3.63) is 18.0 Å². The van der Waals surface area contributed by atoms with Crippen molar-refractivity contribution in [2.75, 3.05) is 11.9 Å². The average Bonchev–Trinajstić information content (AvgIpc) is 3.13. The molecule has 0 amide bonds. The van der Waals surface area contributed by atoms with Gasteiger partial charge in [-0.25, -0.2) is 4.98 Å². The minimum absolute atomic E-state index is 0.130. The van der Waals surface area contributed by atoms with Gasteiger partial charge in [0.25, 0.3) is 0 Å². The van der Waals surface area contributed by atoms with Crippen LogP contribution >= 0.6 is 0 Å². The third-order valence-electron chi connectivity index (χ3n) is 7.63. The maximum atomic E-state index is 9.99. The Morgan fingerprint density at radius 3 is 2.50 bits per heavy atom. The van der Waals surface area contributed by atoms with E-state index in [-0.39, 0.29) is 6.10 Å². The first-order chi connectivity index (χ1) is 14.6. The van der Waals surface area contributed by atoms with Crippen LogP contribution in [0.5, 0.6) is 0 Å². The molecule has 0 aliphatic heterocycles. The van der Waals surface area contributed by atoms with E-state index in [0.29, 0.717) is 12.0 Å². The van der Waals surface area contributed by atoms with Crippen LogP contribution in [0.2, 0.25) is 0 Å². The molecule has 0 saturated heterocycles. The number of nitrogens with zero attached hydrogens (tertiary/aromatic N) is 3. The van der Waals surface area contributed by atoms with Crippen LogP contribution in [0.4, 0.5) is 5.95 Å². The standard InChI is InChI=1S/C25H40N4O/c1-4-5-14-26-25-27-15-22-23(19-8-6-18(7-9-19)17(2)3)16-29(24(22)28-25)20-10-12-21(30)13-11-20/h15-21,30H,4-14H2,1-3H3,(H,26,27,28). The molecule has 0 aromatic carbocycles. The zero-order valence-corrected chi connectivity index (χ0v) is 19.1. The van der Waals surface area contributed by atoms with E-state index in [9.17, 15) is 5.11 Å². The first-order valence-corrected chi connectivity index (χ1v) is 12.4. The molecule has 0 spiro atoms. The summed E-state index contributed by atoms with van der Waals surface area (Å²) < 4.78 is 2.43. The van der Waals surface area contributed by atoms with E-state index in [1.807, 2.05) is 0 Å². The molecule has 0 bridgehead atoms. The van der Waals surface area contributed by atoms with Gasteiger partial charge in [-0.15, -0.1) is 0 Å². The molecule has 166 valence electrons. The molecule has 5 nitrogen and oxygen atoms in total. The highest BCUT2D eigenvalue weighted by Crippen LogP contribution is 2.42. The van der Waals surface area contributed by atoms with Crippen molar-refractivity contribution >= 4 is 17.0 Å². The Morgan fingerprint density at radius 2 is 1.83 bits per heavy atom. The van der Waals surface area contributed by atoms with Crippen LogP contribution in [0.15, 0.2) is 12.4 Å². The highest BCUT2D eigenvalue weighted by Gasteiger charge is 2.29. The monoisotopic (exact) mass is 412 g/mol. The topological polar surface area (TPSA) is 63.0 Å². The van der Waals surface area contributed by atoms with Crippen LogP contribution in [-0.2, 0) is 0 Å². The molecule has 2 aromatic rings. The van der Waals surface area contributed by atoms with Crippen LogP contribution in [0.1, 0.15) is 103 Å². The smallest absolute Gasteiger partial charge is 0.224 e. The number of hydrogen-bond acceptors (Lipinski definition) is 4. The third kappa shape index (κ3) is 4.66. The van der Waals surface area contributed by atoms with Crippen molar-refractivity contribution in [2.24, 2.45) is 11.8 Å². The minimum atomic E-state index is -0.130. The molecular weight excluding hydrogens is 372 g/mol. The van der Waals surface area contributed by atoms with Crippen LogP contribution in [-0.4, -0.2) is 32.3 Å². The number of aromatic nitrogens is 3. The lowest BCUT2D eigenvalue weighted by Gasteiger charge is -2.31. The lowest BCUT2D eigenvalue weighted by atomic mass is 9.75. The van der Waals surface area contributed by atoms with Crippen LogP contribution in [0, 0.1) is 11.8 Å². The Labute approximate surface area is 181 Å². The number of unbranched alkanes of at least 4 members (excludes halogenated alkanes) is 1. The van der Waals surface area contributed by atoms with E-state index in [1.54, 1.807) is 0 Å². The largest absolute Gasteiger partial charge is 0.393 e. The van der Waals surface area contributed by atoms with Crippen LogP contribution in [0.25, 0.3) is 11.0 Å². The maximum Gasteiger partial charge on any atom is 0.224 e. The zero-order valence-electron chi connectivity index (χ0n) is 19.1. The second-order valence-electron chi connectivity index (χ2n) is 10.0. The molecule has 5 heteroatoms. The second-order valence-corrected chi connectivity index (χ2v) is 10.0. The molecule has 2 saturated carbocycles. The normalized spacial score (nSPS) is 27.6. The van der Waals surface area contributed by atoms with Gasteiger partial charge in [0.05, 0.1) is 6.10 Å². The fraction of sp³-hybridized carbons (Fsp3) is 0.760. The fourth-order valence-corrected chi connectivity index (χ4v) is 5.55. The van der Waals surface area contributed by atoms with Crippen molar-refractivity contribution in [3.63, 3.8) is 0 Å². The summed E-state index contributed by atoms with van der Waals surface area (Å²) in [6.45, 7) is 7.86. The van der Waals surface area contributed by atoms with Crippen LogP contribution in [0.3, 0.4) is 0 Å². The molecule has 2 heterocycles. The van der Waals surface area contributed by atoms with E-state index in [4.69, 9.17) is 4.98 Å². The van der Waals surface area contributed by atoms with E-state index in [0.717, 1.165) is 62.1 Å². The predicted molar refractivity (Wildman–Crippen MR) is 124 cm³/mol. The Balaban J connectivity index is 1.63. The van der Waals surface area contributed by atoms with Gasteiger partial charge in [-0.05, 0) is 81.1 Å². The van der Waals surface area contributed by atoms with Gasteiger partial charge in [0.2, 0.25) is 5.95 Å². The quantitative estimate of drug-likeness (QED) is 0.543. The lowest BCUT2D eigenvalue weighted by Crippen LogP contribution is -2.21. The SMILES string of the molecule is CCCCNc1ncc2c(C3CCC(C(C)C)CC3)cn(C3CCC(O)CC3)c2n1. The molecule has 2 aliphatic carbocycles. The minimum Gasteiger partial charge on any atom is -0.393 e. The Bertz CT molecular complexity index is 814. The summed E-state index contributed by atoms with van der Waals surface area (Å²) in [5.74, 6) is 3.04. The van der Waals surface area contributed by atoms with E-state index in [2.05, 4.69) is 48.0 Å². The van der Waals surface area contributed by atoms with Crippen molar-refractivity contribution in [1.29, 1.82) is 0 Å². The molecule has 0 atom stereocenters. The summed E-state index contributed by atoms with van der Waals surface area (Å²) in [6, 6.07) is 0.440. The molecule has 2 N–H and O–H groups in total. The van der Waals surface area contributed by atoms with Gasteiger partial charge in [-0.1, -0.05) is 27.2 Å². The Hall–Kier alpha value is -1.62. The molecule has 0 radical (unpaired) electrons. The first-order valence-electron chi connectivity index (χ1n) is 12.4. The van der Waals surface area contributed by atoms with Crippen molar-refractivity contribution in [3.8, 4) is 0 Å². The first kappa shape index (κ1) is 21.6. The average molecular weight is 413 g/mol. The molecule has 0 unspecified atom stereocenters. The number of rotatable bonds is 7. The van der Waals surface area contributed by atoms with Crippen molar-refractivity contribution in [1.82, 2.24) is 14.5 Å². The zero-order chi connectivity index (χ0) is 21.1. The van der Waals surface area contributed by atoms with Crippen molar-refractivity contribution in [2.45, 2.75) is 103 Å². The molecule has 2 fully saturated rings. The van der Waals surface area contributed by atoms with Gasteiger partial charge in [0.1, 0.15) is 5.65 Å². The molecular formula is C25H40N4O. The van der Waals surface area contributed by atoms with Crippen LogP contribution < -0.4 is 5.32 Å². The summed E-state index contributed by atoms with van der Waals surface area (Å²) in [5, 5.41) is 14.6. The number of aliphatic hydroxyl groups excluding tert-OH is 1. The Kier molecular flexibility index (Phi) is 6.97. The summed E-state index contributed by atoms with van der Waals surface area (Å²) in [4.78, 5) is 9.65. The number of anilines is 1. The molecule has 4 rings (SSSR count). The molecule has 2 aliphatic rings. The van der Waals surface area contributed by atoms with E-state index >= 15 is 0 Å². The van der Waals surface area contributed by atoms with E-state index < -0.39 is 0 Å². The van der Waals surface area contributed by atoms with Gasteiger partial charge in [-0.3, -0.25) is 0 Å². The third-order valence-corrected chi connectivity index (χ3v) is 7.63. The van der Waals surface area contributed by atoms with Gasteiger partial charge >= 0.3 is 0 Å². The van der Waals surface area contributed by atoms with Gasteiger partial charge in [0.15, 0.2) is 0 Å². The summed E-state index contributed by atoms with van der Waals surface area (Å²) in [6.07, 6.45) is 15.7. The van der Waals surface area contributed by atoms with E-state index in [1.165, 1.54) is 43.1 Å². The number of fused-ring (bicyclic) bond motifs is 1. The predicted octanol–water partition coefficient (Wildman–Crippen LogP) is 6.05. The van der Waals surface area contributed by atoms with Crippen molar-refractivity contribution < 1.29 is 5.11 Å². The second kappa shape index (κ2) is 9.67.